The van der Waals surface area contributed by atoms with Crippen LogP contribution in [0.25, 0.3) is 0 Å². The molecular weight excluding hydrogens is 632 g/mol. The second-order valence-electron chi connectivity index (χ2n) is 5.18. The minimum Gasteiger partial charge on any atom is -0.478 e. The van der Waals surface area contributed by atoms with Crippen LogP contribution in [-0.4, -0.2) is 22.2 Å². The third kappa shape index (κ3) is 4.73. The zero-order valence-electron chi connectivity index (χ0n) is 13.1. The number of carbonyl (C=O) groups is 2. The first kappa shape index (κ1) is 20.8. The summed E-state index contributed by atoms with van der Waals surface area (Å²) >= 11 is 14.7. The van der Waals surface area contributed by atoms with Crippen molar-refractivity contribution in [2.75, 3.05) is 4.90 Å². The van der Waals surface area contributed by atoms with Crippen molar-refractivity contribution in [3.8, 4) is 0 Å². The number of carboxylic acids is 1. The van der Waals surface area contributed by atoms with Gasteiger partial charge in [-0.25, -0.2) is 9.79 Å². The summed E-state index contributed by atoms with van der Waals surface area (Å²) in [4.78, 5) is 29.9. The minimum absolute atomic E-state index is 0.0940. The van der Waals surface area contributed by atoms with Crippen molar-refractivity contribution in [2.24, 2.45) is 4.99 Å². The van der Waals surface area contributed by atoms with Crippen LogP contribution in [0.3, 0.4) is 0 Å². The number of aliphatic carboxylic acids is 1. The van der Waals surface area contributed by atoms with Crippen molar-refractivity contribution in [1.29, 1.82) is 0 Å². The van der Waals surface area contributed by atoms with Crippen LogP contribution >= 0.6 is 75.5 Å². The van der Waals surface area contributed by atoms with Crippen molar-refractivity contribution in [3.63, 3.8) is 0 Å². The summed E-state index contributed by atoms with van der Waals surface area (Å²) in [7, 11) is 0. The van der Waals surface area contributed by atoms with Gasteiger partial charge in [0.2, 0.25) is 0 Å². The molecule has 3 rings (SSSR count). The van der Waals surface area contributed by atoms with Gasteiger partial charge in [0, 0.05) is 24.0 Å². The van der Waals surface area contributed by atoms with Gasteiger partial charge in [-0.2, -0.15) is 0 Å². The highest BCUT2D eigenvalue weighted by Crippen LogP contribution is 2.38. The zero-order chi connectivity index (χ0) is 19.7. The van der Waals surface area contributed by atoms with Gasteiger partial charge in [0.1, 0.15) is 0 Å². The summed E-state index contributed by atoms with van der Waals surface area (Å²) in [6.45, 7) is 0. The molecule has 0 saturated carbocycles. The fraction of sp³-hybridized carbons (Fsp3) is 0. The van der Waals surface area contributed by atoms with Gasteiger partial charge in [-0.3, -0.25) is 9.69 Å². The molecule has 0 radical (unpaired) electrons. The maximum Gasteiger partial charge on any atom is 0.329 e. The summed E-state index contributed by atoms with van der Waals surface area (Å²) in [5, 5.41) is 9.42. The number of amidine groups is 1. The normalized spacial score (nSPS) is 17.2. The summed E-state index contributed by atoms with van der Waals surface area (Å²) in [5.41, 5.74) is 1.20. The molecule has 138 valence electrons. The van der Waals surface area contributed by atoms with E-state index in [2.05, 4.69) is 68.7 Å². The Bertz CT molecular complexity index is 1020. The van der Waals surface area contributed by atoms with E-state index in [1.807, 2.05) is 6.07 Å². The van der Waals surface area contributed by atoms with E-state index in [9.17, 15) is 9.59 Å². The summed E-state index contributed by atoms with van der Waals surface area (Å²) < 4.78 is 3.29. The number of hydrogen-bond donors (Lipinski definition) is 1. The zero-order valence-corrected chi connectivity index (χ0v) is 20.3. The maximum atomic E-state index is 12.8. The fourth-order valence-electron chi connectivity index (χ4n) is 2.18. The molecule has 0 aromatic heterocycles. The Kier molecular flexibility index (Phi) is 6.62. The van der Waals surface area contributed by atoms with Crippen LogP contribution in [-0.2, 0) is 9.59 Å². The van der Waals surface area contributed by atoms with Crippen molar-refractivity contribution in [2.45, 2.75) is 0 Å². The smallest absolute Gasteiger partial charge is 0.329 e. The molecule has 0 unspecified atom stereocenters. The predicted octanol–water partition coefficient (Wildman–Crippen LogP) is 6.47. The predicted molar refractivity (Wildman–Crippen MR) is 122 cm³/mol. The Morgan fingerprint density at radius 1 is 1.00 bits per heavy atom. The van der Waals surface area contributed by atoms with E-state index < -0.39 is 11.9 Å². The van der Waals surface area contributed by atoms with Gasteiger partial charge < -0.3 is 5.11 Å². The molecule has 27 heavy (non-hydrogen) atoms. The first-order chi connectivity index (χ1) is 12.8. The lowest BCUT2D eigenvalue weighted by Gasteiger charge is -2.16. The van der Waals surface area contributed by atoms with E-state index in [0.717, 1.165) is 35.7 Å². The molecule has 1 amide bonds. The highest BCUT2D eigenvalue weighted by molar-refractivity contribution is 9.13. The molecule has 0 bridgehead atoms. The molecule has 1 saturated heterocycles. The maximum absolute atomic E-state index is 12.8. The van der Waals surface area contributed by atoms with E-state index in [0.29, 0.717) is 16.5 Å². The first-order valence-corrected chi connectivity index (χ1v) is 11.2. The quantitative estimate of drug-likeness (QED) is 0.391. The number of nitrogens with zero attached hydrogens (tertiary/aromatic N) is 2. The molecule has 1 heterocycles. The lowest BCUT2D eigenvalue weighted by atomic mass is 10.3. The van der Waals surface area contributed by atoms with Gasteiger partial charge in [0.15, 0.2) is 5.17 Å². The Hall–Kier alpha value is -0.940. The van der Waals surface area contributed by atoms with E-state index in [4.69, 9.17) is 5.11 Å². The molecule has 5 nitrogen and oxygen atoms in total. The highest BCUT2D eigenvalue weighted by Gasteiger charge is 2.35. The third-order valence-corrected chi connectivity index (χ3v) is 8.08. The molecule has 1 aliphatic heterocycles. The average molecular weight is 640 g/mol. The third-order valence-electron chi connectivity index (χ3n) is 3.35. The lowest BCUT2D eigenvalue weighted by molar-refractivity contribution is -0.131. The number of hydrogen-bond acceptors (Lipinski definition) is 4. The molecule has 10 heteroatoms. The van der Waals surface area contributed by atoms with E-state index in [1.165, 1.54) is 4.90 Å². The van der Waals surface area contributed by atoms with Gasteiger partial charge in [-0.05, 0) is 112 Å². The van der Waals surface area contributed by atoms with Gasteiger partial charge in [0.25, 0.3) is 5.91 Å². The molecule has 0 atom stereocenters. The number of amides is 1. The van der Waals surface area contributed by atoms with Crippen molar-refractivity contribution in [1.82, 2.24) is 0 Å². The van der Waals surface area contributed by atoms with Crippen LogP contribution < -0.4 is 4.90 Å². The summed E-state index contributed by atoms with van der Waals surface area (Å²) in [6, 6.07) is 10.7. The van der Waals surface area contributed by atoms with Gasteiger partial charge in [-0.1, -0.05) is 0 Å². The van der Waals surface area contributed by atoms with Gasteiger partial charge >= 0.3 is 5.97 Å². The number of anilines is 1. The van der Waals surface area contributed by atoms with E-state index >= 15 is 0 Å². The molecule has 1 aliphatic rings. The highest BCUT2D eigenvalue weighted by atomic mass is 79.9. The number of carboxylic acid groups (broad SMARTS) is 1. The molecule has 2 aromatic carbocycles. The monoisotopic (exact) mass is 636 g/mol. The number of halogens is 4. The van der Waals surface area contributed by atoms with Crippen LogP contribution in [0.15, 0.2) is 70.3 Å². The molecule has 1 fully saturated rings. The second-order valence-corrected chi connectivity index (χ2v) is 9.61. The van der Waals surface area contributed by atoms with Crippen molar-refractivity contribution < 1.29 is 14.7 Å². The topological polar surface area (TPSA) is 70.0 Å². The lowest BCUT2D eigenvalue weighted by Crippen LogP contribution is -2.28. The molecule has 1 N–H and O–H groups in total. The van der Waals surface area contributed by atoms with Gasteiger partial charge in [-0.15, -0.1) is 0 Å². The van der Waals surface area contributed by atoms with Crippen LogP contribution in [0.2, 0.25) is 0 Å². The molecule has 0 aliphatic carbocycles. The second kappa shape index (κ2) is 8.60. The number of rotatable bonds is 3. The Balaban J connectivity index is 2.11. The number of thioether (sulfide) groups is 1. The van der Waals surface area contributed by atoms with Crippen LogP contribution in [0, 0.1) is 0 Å². The molecule has 0 spiro atoms. The van der Waals surface area contributed by atoms with Crippen LogP contribution in [0.5, 0.6) is 0 Å². The minimum atomic E-state index is -1.18. The van der Waals surface area contributed by atoms with E-state index in [-0.39, 0.29) is 4.91 Å². The van der Waals surface area contributed by atoms with E-state index in [1.54, 1.807) is 30.3 Å². The van der Waals surface area contributed by atoms with Crippen molar-refractivity contribution in [3.05, 3.63) is 65.3 Å². The molecular formula is C17H8Br4N2O3S. The first-order valence-electron chi connectivity index (χ1n) is 7.22. The van der Waals surface area contributed by atoms with Crippen LogP contribution in [0.4, 0.5) is 11.4 Å². The van der Waals surface area contributed by atoms with Crippen molar-refractivity contribution >= 4 is 104 Å². The average Bonchev–Trinajstić information content (AvgIpc) is 2.88. The number of benzene rings is 2. The number of carbonyl (C=O) groups excluding carboxylic acids is 1. The van der Waals surface area contributed by atoms with Crippen LogP contribution in [0.1, 0.15) is 0 Å². The Labute approximate surface area is 192 Å². The summed E-state index contributed by atoms with van der Waals surface area (Å²) in [6.07, 6.45) is 0.897. The SMILES string of the molecule is O=C(O)C=C1SC(=Nc2ccc(Br)c(Br)c2)N(c2ccc(Br)c(Br)c2)C1=O. The standard InChI is InChI=1S/C17H8Br4N2O3S/c18-10-3-1-8(5-12(10)20)22-17-23(9-2-4-11(19)13(21)6-9)16(26)14(27-17)7-15(24)25/h1-7H,(H,24,25). The van der Waals surface area contributed by atoms with Gasteiger partial charge in [0.05, 0.1) is 16.3 Å². The Morgan fingerprint density at radius 2 is 1.63 bits per heavy atom. The molecule has 2 aromatic rings. The largest absolute Gasteiger partial charge is 0.478 e. The Morgan fingerprint density at radius 3 is 2.22 bits per heavy atom. The summed E-state index contributed by atoms with van der Waals surface area (Å²) in [5.74, 6) is -1.62. The number of aliphatic imine (C=N–C) groups is 1. The fourth-order valence-corrected chi connectivity index (χ4v) is 4.37.